The van der Waals surface area contributed by atoms with Crippen LogP contribution in [-0.2, 0) is 16.1 Å². The van der Waals surface area contributed by atoms with Crippen molar-refractivity contribution in [3.05, 3.63) is 66.7 Å². The van der Waals surface area contributed by atoms with Gasteiger partial charge in [-0.1, -0.05) is 43.0 Å². The Morgan fingerprint density at radius 3 is 2.17 bits per heavy atom. The molecule has 0 aliphatic carbocycles. The molecule has 0 heterocycles. The van der Waals surface area contributed by atoms with Gasteiger partial charge >= 0.3 is 5.97 Å². The normalized spacial score (nSPS) is 10.1. The van der Waals surface area contributed by atoms with Crippen molar-refractivity contribution >= 4 is 5.97 Å². The van der Waals surface area contributed by atoms with Crippen LogP contribution in [0.25, 0.3) is 11.1 Å². The summed E-state index contributed by atoms with van der Waals surface area (Å²) in [6.07, 6.45) is 1.77. The maximum absolute atomic E-state index is 10.9. The molecule has 4 nitrogen and oxygen atoms in total. The van der Waals surface area contributed by atoms with Crippen molar-refractivity contribution in [2.24, 2.45) is 0 Å². The molecule has 0 unspecified atom stereocenters. The van der Waals surface area contributed by atoms with Gasteiger partial charge in [-0.15, -0.1) is 0 Å². The van der Waals surface area contributed by atoms with Crippen LogP contribution in [0.3, 0.4) is 0 Å². The molecule has 0 saturated heterocycles. The zero-order valence-electron chi connectivity index (χ0n) is 12.9. The summed E-state index contributed by atoms with van der Waals surface area (Å²) in [7, 11) is 0. The number of esters is 1. The van der Waals surface area contributed by atoms with Gasteiger partial charge in [0.2, 0.25) is 0 Å². The average molecular weight is 312 g/mol. The molecular weight excluding hydrogens is 292 g/mol. The van der Waals surface area contributed by atoms with Gasteiger partial charge in [0.25, 0.3) is 0 Å². The summed E-state index contributed by atoms with van der Waals surface area (Å²) in [4.78, 5) is 10.9. The summed E-state index contributed by atoms with van der Waals surface area (Å²) in [5.74, 6) is 0.359. The fraction of sp³-hybridized carbons (Fsp3) is 0.211. The molecule has 2 aromatic carbocycles. The van der Waals surface area contributed by atoms with Gasteiger partial charge in [-0.3, -0.25) is 0 Å². The minimum Gasteiger partial charge on any atom is -0.493 e. The minimum absolute atomic E-state index is 0.0508. The SMILES string of the molecule is C=CC(=O)OCCCOc1ccc(-c2ccc(CO)cc2)cc1. The molecule has 0 spiro atoms. The summed E-state index contributed by atoms with van der Waals surface area (Å²) in [6.45, 7) is 4.18. The highest BCUT2D eigenvalue weighted by Gasteiger charge is 2.00. The number of ether oxygens (including phenoxy) is 2. The molecule has 0 atom stereocenters. The standard InChI is InChI=1S/C19H20O4/c1-2-19(21)23-13-3-12-22-18-10-8-17(9-11-18)16-6-4-15(14-20)5-7-16/h2,4-11,20H,1,3,12-14H2. The molecule has 0 saturated carbocycles. The highest BCUT2D eigenvalue weighted by Crippen LogP contribution is 2.23. The molecule has 0 aliphatic rings. The van der Waals surface area contributed by atoms with E-state index in [2.05, 4.69) is 6.58 Å². The van der Waals surface area contributed by atoms with E-state index in [9.17, 15) is 4.79 Å². The summed E-state index contributed by atoms with van der Waals surface area (Å²) < 4.78 is 10.5. The number of carbonyl (C=O) groups excluding carboxylic acids is 1. The Balaban J connectivity index is 1.82. The van der Waals surface area contributed by atoms with E-state index < -0.39 is 5.97 Å². The van der Waals surface area contributed by atoms with Crippen LogP contribution in [0.2, 0.25) is 0 Å². The molecule has 2 aromatic rings. The first-order valence-corrected chi connectivity index (χ1v) is 7.45. The second-order valence-corrected chi connectivity index (χ2v) is 4.95. The molecule has 4 heteroatoms. The molecule has 1 N–H and O–H groups in total. The largest absolute Gasteiger partial charge is 0.493 e. The lowest BCUT2D eigenvalue weighted by atomic mass is 10.0. The van der Waals surface area contributed by atoms with Gasteiger partial charge in [0, 0.05) is 12.5 Å². The summed E-state index contributed by atoms with van der Waals surface area (Å²) in [5, 5.41) is 9.05. The average Bonchev–Trinajstić information content (AvgIpc) is 2.62. The van der Waals surface area contributed by atoms with Crippen molar-refractivity contribution in [3.8, 4) is 16.9 Å². The lowest BCUT2D eigenvalue weighted by Crippen LogP contribution is -2.06. The van der Waals surface area contributed by atoms with E-state index in [0.29, 0.717) is 19.6 Å². The van der Waals surface area contributed by atoms with Crippen LogP contribution >= 0.6 is 0 Å². The first-order valence-electron chi connectivity index (χ1n) is 7.45. The monoisotopic (exact) mass is 312 g/mol. The predicted octanol–water partition coefficient (Wildman–Crippen LogP) is 3.34. The van der Waals surface area contributed by atoms with E-state index in [0.717, 1.165) is 28.5 Å². The summed E-state index contributed by atoms with van der Waals surface area (Å²) >= 11 is 0. The van der Waals surface area contributed by atoms with E-state index in [1.165, 1.54) is 0 Å². The molecule has 0 aliphatic heterocycles. The number of aliphatic hydroxyl groups excluding tert-OH is 1. The number of carbonyl (C=O) groups is 1. The lowest BCUT2D eigenvalue weighted by Gasteiger charge is -2.08. The van der Waals surface area contributed by atoms with E-state index >= 15 is 0 Å². The highest BCUT2D eigenvalue weighted by atomic mass is 16.5. The molecule has 0 aromatic heterocycles. The Kier molecular flexibility index (Phi) is 6.39. The van der Waals surface area contributed by atoms with Crippen molar-refractivity contribution in [2.75, 3.05) is 13.2 Å². The maximum atomic E-state index is 10.9. The van der Waals surface area contributed by atoms with E-state index in [4.69, 9.17) is 14.6 Å². The zero-order chi connectivity index (χ0) is 16.5. The first kappa shape index (κ1) is 16.8. The van der Waals surface area contributed by atoms with Crippen LogP contribution in [0, 0.1) is 0 Å². The van der Waals surface area contributed by atoms with Gasteiger partial charge in [0.05, 0.1) is 19.8 Å². The smallest absolute Gasteiger partial charge is 0.330 e. The van der Waals surface area contributed by atoms with Gasteiger partial charge in [-0.05, 0) is 28.8 Å². The summed E-state index contributed by atoms with van der Waals surface area (Å²) in [5.41, 5.74) is 3.07. The van der Waals surface area contributed by atoms with E-state index in [-0.39, 0.29) is 6.61 Å². The molecule has 120 valence electrons. The van der Waals surface area contributed by atoms with Gasteiger partial charge < -0.3 is 14.6 Å². The second-order valence-electron chi connectivity index (χ2n) is 4.95. The minimum atomic E-state index is -0.415. The molecule has 23 heavy (non-hydrogen) atoms. The molecule has 0 bridgehead atoms. The number of hydrogen-bond acceptors (Lipinski definition) is 4. The van der Waals surface area contributed by atoms with Crippen molar-refractivity contribution in [1.29, 1.82) is 0 Å². The van der Waals surface area contributed by atoms with Gasteiger partial charge in [0.15, 0.2) is 0 Å². The highest BCUT2D eigenvalue weighted by molar-refractivity contribution is 5.81. The fourth-order valence-electron chi connectivity index (χ4n) is 2.03. The van der Waals surface area contributed by atoms with Crippen LogP contribution in [-0.4, -0.2) is 24.3 Å². The Bertz CT molecular complexity index is 629. The lowest BCUT2D eigenvalue weighted by molar-refractivity contribution is -0.137. The zero-order valence-corrected chi connectivity index (χ0v) is 12.9. The third kappa shape index (κ3) is 5.27. The van der Waals surface area contributed by atoms with Gasteiger partial charge in [-0.25, -0.2) is 4.79 Å². The van der Waals surface area contributed by atoms with Crippen LogP contribution in [0.5, 0.6) is 5.75 Å². The van der Waals surface area contributed by atoms with Crippen molar-refractivity contribution in [3.63, 3.8) is 0 Å². The Labute approximate surface area is 136 Å². The molecular formula is C19H20O4. The van der Waals surface area contributed by atoms with Crippen molar-refractivity contribution in [2.45, 2.75) is 13.0 Å². The third-order valence-electron chi connectivity index (χ3n) is 3.29. The van der Waals surface area contributed by atoms with Crippen molar-refractivity contribution < 1.29 is 19.4 Å². The third-order valence-corrected chi connectivity index (χ3v) is 3.29. The van der Waals surface area contributed by atoms with E-state index in [1.54, 1.807) is 0 Å². The van der Waals surface area contributed by atoms with Crippen LogP contribution in [0.1, 0.15) is 12.0 Å². The first-order chi connectivity index (χ1) is 11.2. The summed E-state index contributed by atoms with van der Waals surface area (Å²) in [6, 6.07) is 15.6. The van der Waals surface area contributed by atoms with E-state index in [1.807, 2.05) is 48.5 Å². The number of benzene rings is 2. The topological polar surface area (TPSA) is 55.8 Å². The van der Waals surface area contributed by atoms with Gasteiger partial charge in [-0.2, -0.15) is 0 Å². The molecule has 0 amide bonds. The number of rotatable bonds is 8. The molecule has 0 radical (unpaired) electrons. The number of hydrogen-bond donors (Lipinski definition) is 1. The number of aliphatic hydroxyl groups is 1. The Hall–Kier alpha value is -2.59. The van der Waals surface area contributed by atoms with Crippen LogP contribution < -0.4 is 4.74 Å². The fourth-order valence-corrected chi connectivity index (χ4v) is 2.03. The van der Waals surface area contributed by atoms with Crippen LogP contribution in [0.15, 0.2) is 61.2 Å². The maximum Gasteiger partial charge on any atom is 0.330 e. The van der Waals surface area contributed by atoms with Gasteiger partial charge in [0.1, 0.15) is 5.75 Å². The Morgan fingerprint density at radius 2 is 1.61 bits per heavy atom. The molecule has 0 fully saturated rings. The molecule has 2 rings (SSSR count). The quantitative estimate of drug-likeness (QED) is 0.461. The Morgan fingerprint density at radius 1 is 1.00 bits per heavy atom. The van der Waals surface area contributed by atoms with Crippen LogP contribution in [0.4, 0.5) is 0 Å². The predicted molar refractivity (Wildman–Crippen MR) is 89.1 cm³/mol. The van der Waals surface area contributed by atoms with Crippen molar-refractivity contribution in [1.82, 2.24) is 0 Å². The second kappa shape index (κ2) is 8.76.